The summed E-state index contributed by atoms with van der Waals surface area (Å²) < 4.78 is 18.7. The number of hydrogen-bond acceptors (Lipinski definition) is 5. The Hall–Kier alpha value is -1.66. The summed E-state index contributed by atoms with van der Waals surface area (Å²) in [4.78, 5) is 25.1. The van der Waals surface area contributed by atoms with Gasteiger partial charge in [0, 0.05) is 13.0 Å². The highest BCUT2D eigenvalue weighted by atomic mass is 16.7. The Morgan fingerprint density at radius 3 is 2.74 bits per heavy atom. The van der Waals surface area contributed by atoms with E-state index >= 15 is 0 Å². The topological polar surface area (TPSA) is 66.8 Å². The van der Waals surface area contributed by atoms with Crippen molar-refractivity contribution >= 4 is 5.97 Å². The van der Waals surface area contributed by atoms with Crippen LogP contribution in [0.5, 0.6) is 0 Å². The molecular formula is C17H19NO5. The van der Waals surface area contributed by atoms with Gasteiger partial charge in [0.05, 0.1) is 30.4 Å². The standard InChI is InChI=1S/C17H19NO5/c19-15-13-9-21-16(20)12(7-10-1-2-10)11(13)8-14-17(3-4-18(14)15)22-5-6-23-17/h8,10,12H,1-7,9H2. The van der Waals surface area contributed by atoms with Crippen molar-refractivity contribution in [1.82, 2.24) is 4.57 Å². The smallest absolute Gasteiger partial charge is 0.313 e. The maximum atomic E-state index is 12.9. The van der Waals surface area contributed by atoms with Crippen molar-refractivity contribution in [1.29, 1.82) is 0 Å². The summed E-state index contributed by atoms with van der Waals surface area (Å²) in [6, 6.07) is 1.97. The Morgan fingerprint density at radius 2 is 2.00 bits per heavy atom. The lowest BCUT2D eigenvalue weighted by Crippen LogP contribution is -2.35. The number of rotatable bonds is 2. The molecule has 122 valence electrons. The van der Waals surface area contributed by atoms with Crippen molar-refractivity contribution in [3.63, 3.8) is 0 Å². The van der Waals surface area contributed by atoms with Crippen LogP contribution in [0.1, 0.15) is 48.4 Å². The Balaban J connectivity index is 1.66. The fourth-order valence-electron chi connectivity index (χ4n) is 4.12. The molecule has 1 saturated heterocycles. The van der Waals surface area contributed by atoms with Gasteiger partial charge in [-0.3, -0.25) is 9.59 Å². The van der Waals surface area contributed by atoms with Crippen LogP contribution in [0.15, 0.2) is 10.9 Å². The number of fused-ring (bicyclic) bond motifs is 3. The van der Waals surface area contributed by atoms with Gasteiger partial charge in [0.2, 0.25) is 5.79 Å². The van der Waals surface area contributed by atoms with E-state index in [-0.39, 0.29) is 24.1 Å². The molecule has 0 aromatic carbocycles. The van der Waals surface area contributed by atoms with Crippen molar-refractivity contribution in [3.05, 3.63) is 33.2 Å². The number of ether oxygens (including phenoxy) is 3. The number of aromatic nitrogens is 1. The lowest BCUT2D eigenvalue weighted by Gasteiger charge is -2.27. The highest BCUT2D eigenvalue weighted by molar-refractivity contribution is 5.80. The third kappa shape index (κ3) is 1.94. The van der Waals surface area contributed by atoms with Crippen LogP contribution in [0.25, 0.3) is 0 Å². The Bertz CT molecular complexity index is 742. The first-order chi connectivity index (χ1) is 11.2. The molecule has 1 unspecified atom stereocenters. The number of cyclic esters (lactones) is 1. The summed E-state index contributed by atoms with van der Waals surface area (Å²) in [5.41, 5.74) is 2.19. The van der Waals surface area contributed by atoms with E-state index < -0.39 is 5.79 Å². The van der Waals surface area contributed by atoms with Gasteiger partial charge in [-0.15, -0.1) is 0 Å². The SMILES string of the molecule is O=C1OCc2c(cc3n(c2=O)CCC32OCCO2)C1CC1CC1. The number of hydrogen-bond donors (Lipinski definition) is 0. The number of carbonyl (C=O) groups excluding carboxylic acids is 1. The highest BCUT2D eigenvalue weighted by Gasteiger charge is 2.47. The molecule has 1 saturated carbocycles. The van der Waals surface area contributed by atoms with E-state index in [1.807, 2.05) is 6.07 Å². The molecule has 4 heterocycles. The first kappa shape index (κ1) is 13.7. The quantitative estimate of drug-likeness (QED) is 0.771. The van der Waals surface area contributed by atoms with Crippen LogP contribution in [-0.2, 0) is 37.9 Å². The minimum Gasteiger partial charge on any atom is -0.460 e. The molecule has 0 amide bonds. The van der Waals surface area contributed by atoms with Gasteiger partial charge in [0.15, 0.2) is 0 Å². The predicted octanol–water partition coefficient (Wildman–Crippen LogP) is 1.39. The Morgan fingerprint density at radius 1 is 1.22 bits per heavy atom. The third-order valence-electron chi connectivity index (χ3n) is 5.53. The molecule has 0 N–H and O–H groups in total. The van der Waals surface area contributed by atoms with E-state index in [0.717, 1.165) is 17.7 Å². The fourth-order valence-corrected chi connectivity index (χ4v) is 4.12. The summed E-state index contributed by atoms with van der Waals surface area (Å²) in [6.45, 7) is 1.75. The molecule has 0 bridgehead atoms. The van der Waals surface area contributed by atoms with E-state index in [4.69, 9.17) is 14.2 Å². The van der Waals surface area contributed by atoms with Gasteiger partial charge in [0.1, 0.15) is 6.61 Å². The summed E-state index contributed by atoms with van der Waals surface area (Å²) in [5.74, 6) is -0.722. The first-order valence-corrected chi connectivity index (χ1v) is 8.39. The van der Waals surface area contributed by atoms with Gasteiger partial charge < -0.3 is 18.8 Å². The van der Waals surface area contributed by atoms with Gasteiger partial charge >= 0.3 is 5.97 Å². The van der Waals surface area contributed by atoms with Crippen LogP contribution in [0.2, 0.25) is 0 Å². The Labute approximate surface area is 133 Å². The summed E-state index contributed by atoms with van der Waals surface area (Å²) >= 11 is 0. The van der Waals surface area contributed by atoms with Crippen LogP contribution in [0.4, 0.5) is 0 Å². The maximum absolute atomic E-state index is 12.9. The normalized spacial score (nSPS) is 27.8. The molecule has 6 heteroatoms. The van der Waals surface area contributed by atoms with Gasteiger partial charge in [-0.25, -0.2) is 0 Å². The molecule has 1 aromatic rings. The van der Waals surface area contributed by atoms with Crippen molar-refractivity contribution in [2.45, 2.75) is 50.5 Å². The first-order valence-electron chi connectivity index (χ1n) is 8.39. The number of pyridine rings is 1. The summed E-state index contributed by atoms with van der Waals surface area (Å²) in [6.07, 6.45) is 3.76. The average Bonchev–Trinajstić information content (AvgIpc) is 3.12. The molecule has 23 heavy (non-hydrogen) atoms. The molecule has 1 aliphatic carbocycles. The molecule has 1 spiro atoms. The van der Waals surface area contributed by atoms with Gasteiger partial charge in [-0.2, -0.15) is 0 Å². The zero-order chi connectivity index (χ0) is 15.6. The van der Waals surface area contributed by atoms with Crippen LogP contribution in [0, 0.1) is 5.92 Å². The van der Waals surface area contributed by atoms with Crippen molar-refractivity contribution in [2.75, 3.05) is 13.2 Å². The van der Waals surface area contributed by atoms with Crippen LogP contribution < -0.4 is 5.56 Å². The van der Waals surface area contributed by atoms with E-state index in [2.05, 4.69) is 0 Å². The summed E-state index contributed by atoms with van der Waals surface area (Å²) in [7, 11) is 0. The second-order valence-electron chi connectivity index (χ2n) is 6.96. The monoisotopic (exact) mass is 317 g/mol. The molecule has 3 aliphatic heterocycles. The number of carbonyl (C=O) groups is 1. The van der Waals surface area contributed by atoms with E-state index in [1.165, 1.54) is 12.8 Å². The fraction of sp³-hybridized carbons (Fsp3) is 0.647. The van der Waals surface area contributed by atoms with Gasteiger partial charge in [-0.1, -0.05) is 12.8 Å². The van der Waals surface area contributed by atoms with Crippen molar-refractivity contribution in [2.24, 2.45) is 5.92 Å². The third-order valence-corrected chi connectivity index (χ3v) is 5.53. The average molecular weight is 317 g/mol. The largest absolute Gasteiger partial charge is 0.460 e. The van der Waals surface area contributed by atoms with Gasteiger partial charge in [0.25, 0.3) is 5.56 Å². The molecule has 1 atom stereocenters. The molecule has 2 fully saturated rings. The van der Waals surface area contributed by atoms with Crippen molar-refractivity contribution < 1.29 is 19.0 Å². The molecule has 5 rings (SSSR count). The molecule has 6 nitrogen and oxygen atoms in total. The van der Waals surface area contributed by atoms with Crippen LogP contribution in [-0.4, -0.2) is 23.8 Å². The second-order valence-corrected chi connectivity index (χ2v) is 6.96. The zero-order valence-electron chi connectivity index (χ0n) is 12.9. The number of esters is 1. The van der Waals surface area contributed by atoms with E-state index in [0.29, 0.717) is 37.7 Å². The van der Waals surface area contributed by atoms with E-state index in [9.17, 15) is 9.59 Å². The predicted molar refractivity (Wildman–Crippen MR) is 78.8 cm³/mol. The van der Waals surface area contributed by atoms with Crippen LogP contribution >= 0.6 is 0 Å². The highest BCUT2D eigenvalue weighted by Crippen LogP contribution is 2.44. The Kier molecular flexibility index (Phi) is 2.79. The van der Waals surface area contributed by atoms with Crippen molar-refractivity contribution in [3.8, 4) is 0 Å². The maximum Gasteiger partial charge on any atom is 0.313 e. The number of nitrogens with zero attached hydrogens (tertiary/aromatic N) is 1. The van der Waals surface area contributed by atoms with Gasteiger partial charge in [-0.05, 0) is 24.0 Å². The summed E-state index contributed by atoms with van der Waals surface area (Å²) in [5, 5.41) is 0. The minimum absolute atomic E-state index is 0.0539. The lowest BCUT2D eigenvalue weighted by molar-refractivity contribution is -0.163. The molecule has 4 aliphatic rings. The van der Waals surface area contributed by atoms with Crippen LogP contribution in [0.3, 0.4) is 0 Å². The minimum atomic E-state index is -0.792. The molecule has 1 aromatic heterocycles. The lowest BCUT2D eigenvalue weighted by atomic mass is 9.88. The molecule has 0 radical (unpaired) electrons. The molecular weight excluding hydrogens is 298 g/mol. The van der Waals surface area contributed by atoms with E-state index in [1.54, 1.807) is 4.57 Å². The zero-order valence-corrected chi connectivity index (χ0v) is 12.9. The second kappa shape index (κ2) is 4.68.